The molecule has 0 heterocycles. The lowest BCUT2D eigenvalue weighted by atomic mass is 9.97. The monoisotopic (exact) mass is 350 g/mol. The predicted octanol–water partition coefficient (Wildman–Crippen LogP) is 1.26. The fourth-order valence-electron chi connectivity index (χ4n) is 3.12. The van der Waals surface area contributed by atoms with Crippen LogP contribution in [-0.4, -0.2) is 69.4 Å². The van der Waals surface area contributed by atoms with E-state index in [0.29, 0.717) is 18.6 Å². The van der Waals surface area contributed by atoms with E-state index >= 15 is 0 Å². The lowest BCUT2D eigenvalue weighted by Gasteiger charge is -2.24. The van der Waals surface area contributed by atoms with Crippen LogP contribution in [0, 0.1) is 5.92 Å². The van der Waals surface area contributed by atoms with Gasteiger partial charge in [0.05, 0.1) is 24.9 Å². The molecule has 1 rings (SSSR count). The van der Waals surface area contributed by atoms with E-state index in [0.717, 1.165) is 25.7 Å². The molecule has 0 amide bonds. The van der Waals surface area contributed by atoms with Crippen LogP contribution in [-0.2, 0) is 9.53 Å². The molecule has 3 unspecified atom stereocenters. The first-order valence-electron chi connectivity index (χ1n) is 8.32. The summed E-state index contributed by atoms with van der Waals surface area (Å²) in [6, 6.07) is 0. The van der Waals surface area contributed by atoms with Crippen molar-refractivity contribution in [3.8, 4) is 0 Å². The number of aliphatic carboxylic acids is 1. The van der Waals surface area contributed by atoms with E-state index in [2.05, 4.69) is 0 Å². The Balaban J connectivity index is 2.30. The molecule has 0 aromatic heterocycles. The Kier molecular flexibility index (Phi) is 10.1. The van der Waals surface area contributed by atoms with Gasteiger partial charge in [-0.15, -0.1) is 0 Å². The molecule has 23 heavy (non-hydrogen) atoms. The van der Waals surface area contributed by atoms with E-state index in [1.54, 1.807) is 0 Å². The third-order valence-electron chi connectivity index (χ3n) is 4.30. The molecule has 1 aliphatic carbocycles. The molecular weight excluding hydrogens is 320 g/mol. The van der Waals surface area contributed by atoms with Crippen LogP contribution < -0.4 is 0 Å². The van der Waals surface area contributed by atoms with Crippen molar-refractivity contribution >= 4 is 17.7 Å². The molecular formula is C16H30O6S. The standard InChI is InChI=1S/C16H30O6S/c1-22-9-11(17)10-23-16-12(13(18)8-14(16)19)6-4-2-3-5-7-15(20)21/h11-14,16-19H,2-10H2,1H3,(H,20,21)/t11?,12-,13?,14?,16+/m0/s1. The number of carboxylic acids is 1. The van der Waals surface area contributed by atoms with Gasteiger partial charge in [0.2, 0.25) is 0 Å². The minimum absolute atomic E-state index is 0.0317. The molecule has 1 aliphatic rings. The first-order chi connectivity index (χ1) is 11.0. The molecule has 0 aromatic rings. The Morgan fingerprint density at radius 3 is 2.57 bits per heavy atom. The Labute approximate surface area is 142 Å². The number of carbonyl (C=O) groups is 1. The SMILES string of the molecule is COCC(O)CS[C@H]1C(O)CC(O)[C@@H]1CCCCCCC(=O)O. The van der Waals surface area contributed by atoms with Crippen molar-refractivity contribution in [1.29, 1.82) is 0 Å². The van der Waals surface area contributed by atoms with Gasteiger partial charge in [0.1, 0.15) is 0 Å². The molecule has 7 heteroatoms. The quantitative estimate of drug-likeness (QED) is 0.393. The smallest absolute Gasteiger partial charge is 0.303 e. The van der Waals surface area contributed by atoms with E-state index in [1.807, 2.05) is 0 Å². The molecule has 5 atom stereocenters. The van der Waals surface area contributed by atoms with Gasteiger partial charge in [-0.25, -0.2) is 0 Å². The minimum Gasteiger partial charge on any atom is -0.481 e. The Bertz CT molecular complexity index is 341. The van der Waals surface area contributed by atoms with E-state index in [-0.39, 0.29) is 24.2 Å². The molecule has 6 nitrogen and oxygen atoms in total. The topological polar surface area (TPSA) is 107 Å². The van der Waals surface area contributed by atoms with Gasteiger partial charge in [-0.05, 0) is 18.8 Å². The number of unbranched alkanes of at least 4 members (excludes halogenated alkanes) is 3. The number of aliphatic hydroxyl groups is 3. The van der Waals surface area contributed by atoms with Crippen molar-refractivity contribution < 1.29 is 30.0 Å². The first kappa shape index (κ1) is 20.7. The number of aliphatic hydroxyl groups excluding tert-OH is 3. The third-order valence-corrected chi connectivity index (χ3v) is 5.92. The van der Waals surface area contributed by atoms with Crippen LogP contribution in [0.2, 0.25) is 0 Å². The molecule has 136 valence electrons. The van der Waals surface area contributed by atoms with E-state index in [9.17, 15) is 20.1 Å². The lowest BCUT2D eigenvalue weighted by Crippen LogP contribution is -2.28. The van der Waals surface area contributed by atoms with Gasteiger partial charge in [0.15, 0.2) is 0 Å². The number of methoxy groups -OCH3 is 1. The van der Waals surface area contributed by atoms with Gasteiger partial charge in [0, 0.05) is 31.0 Å². The fourth-order valence-corrected chi connectivity index (χ4v) is 4.56. The van der Waals surface area contributed by atoms with Gasteiger partial charge in [-0.3, -0.25) is 4.79 Å². The molecule has 0 aliphatic heterocycles. The molecule has 0 spiro atoms. The highest BCUT2D eigenvalue weighted by atomic mass is 32.2. The first-order valence-corrected chi connectivity index (χ1v) is 9.37. The summed E-state index contributed by atoms with van der Waals surface area (Å²) in [6.45, 7) is 0.270. The number of rotatable bonds is 12. The molecule has 0 bridgehead atoms. The summed E-state index contributed by atoms with van der Waals surface area (Å²) in [5.41, 5.74) is 0. The fraction of sp³-hybridized carbons (Fsp3) is 0.938. The second-order valence-corrected chi connectivity index (χ2v) is 7.50. The molecule has 1 fully saturated rings. The van der Waals surface area contributed by atoms with Crippen molar-refractivity contribution in [2.75, 3.05) is 19.5 Å². The second-order valence-electron chi connectivity index (χ2n) is 6.29. The Hall–Kier alpha value is -0.340. The van der Waals surface area contributed by atoms with E-state index < -0.39 is 24.3 Å². The highest BCUT2D eigenvalue weighted by molar-refractivity contribution is 8.00. The maximum atomic E-state index is 10.4. The van der Waals surface area contributed by atoms with Gasteiger partial charge < -0.3 is 25.2 Å². The summed E-state index contributed by atoms with van der Waals surface area (Å²) < 4.78 is 4.90. The number of carboxylic acid groups (broad SMARTS) is 1. The van der Waals surface area contributed by atoms with E-state index in [4.69, 9.17) is 9.84 Å². The van der Waals surface area contributed by atoms with Gasteiger partial charge in [0.25, 0.3) is 0 Å². The second kappa shape index (κ2) is 11.3. The Morgan fingerprint density at radius 1 is 1.22 bits per heavy atom. The number of ether oxygens (including phenoxy) is 1. The maximum Gasteiger partial charge on any atom is 0.303 e. The van der Waals surface area contributed by atoms with Crippen LogP contribution in [0.4, 0.5) is 0 Å². The van der Waals surface area contributed by atoms with Crippen molar-refractivity contribution in [2.45, 2.75) is 68.5 Å². The summed E-state index contributed by atoms with van der Waals surface area (Å²) in [4.78, 5) is 10.4. The van der Waals surface area contributed by atoms with Crippen LogP contribution in [0.1, 0.15) is 44.9 Å². The third kappa shape index (κ3) is 7.85. The van der Waals surface area contributed by atoms with Crippen LogP contribution in [0.25, 0.3) is 0 Å². The number of hydrogen-bond acceptors (Lipinski definition) is 6. The van der Waals surface area contributed by atoms with Crippen LogP contribution in [0.5, 0.6) is 0 Å². The molecule has 0 aromatic carbocycles. The zero-order valence-corrected chi connectivity index (χ0v) is 14.6. The molecule has 1 saturated carbocycles. The summed E-state index contributed by atoms with van der Waals surface area (Å²) in [6.07, 6.45) is 3.25. The molecule has 0 saturated heterocycles. The van der Waals surface area contributed by atoms with Crippen molar-refractivity contribution in [1.82, 2.24) is 0 Å². The van der Waals surface area contributed by atoms with E-state index in [1.165, 1.54) is 18.9 Å². The molecule has 4 N–H and O–H groups in total. The summed E-state index contributed by atoms with van der Waals surface area (Å²) in [5, 5.41) is 38.5. The van der Waals surface area contributed by atoms with Crippen molar-refractivity contribution in [2.24, 2.45) is 5.92 Å². The summed E-state index contributed by atoms with van der Waals surface area (Å²) >= 11 is 1.51. The van der Waals surface area contributed by atoms with Crippen LogP contribution in [0.15, 0.2) is 0 Å². The molecule has 0 radical (unpaired) electrons. The largest absolute Gasteiger partial charge is 0.481 e. The summed E-state index contributed by atoms with van der Waals surface area (Å²) in [7, 11) is 1.54. The van der Waals surface area contributed by atoms with Gasteiger partial charge >= 0.3 is 5.97 Å². The average molecular weight is 350 g/mol. The number of hydrogen-bond donors (Lipinski definition) is 4. The minimum atomic E-state index is -0.759. The van der Waals surface area contributed by atoms with Gasteiger partial charge in [-0.1, -0.05) is 19.3 Å². The van der Waals surface area contributed by atoms with Crippen molar-refractivity contribution in [3.05, 3.63) is 0 Å². The zero-order valence-electron chi connectivity index (χ0n) is 13.8. The van der Waals surface area contributed by atoms with Gasteiger partial charge in [-0.2, -0.15) is 11.8 Å². The maximum absolute atomic E-state index is 10.4. The normalized spacial score (nSPS) is 28.9. The predicted molar refractivity (Wildman–Crippen MR) is 89.6 cm³/mol. The highest BCUT2D eigenvalue weighted by Gasteiger charge is 2.41. The zero-order chi connectivity index (χ0) is 17.2. The van der Waals surface area contributed by atoms with Crippen LogP contribution >= 0.6 is 11.8 Å². The van der Waals surface area contributed by atoms with Crippen LogP contribution in [0.3, 0.4) is 0 Å². The Morgan fingerprint density at radius 2 is 1.91 bits per heavy atom. The summed E-state index contributed by atoms with van der Waals surface area (Å²) in [5.74, 6) is -0.244. The number of thioether (sulfide) groups is 1. The van der Waals surface area contributed by atoms with Crippen molar-refractivity contribution in [3.63, 3.8) is 0 Å². The average Bonchev–Trinajstić information content (AvgIpc) is 2.74. The highest BCUT2D eigenvalue weighted by Crippen LogP contribution is 2.39. The lowest BCUT2D eigenvalue weighted by molar-refractivity contribution is -0.137.